The molecular formula is C15H13BrN2O2. The Morgan fingerprint density at radius 3 is 3.00 bits per heavy atom. The van der Waals surface area contributed by atoms with Crippen LogP contribution in [0, 0.1) is 0 Å². The topological polar surface area (TPSA) is 42.4 Å². The summed E-state index contributed by atoms with van der Waals surface area (Å²) in [6.07, 6.45) is 2.00. The minimum atomic E-state index is 0.0337. The molecule has 20 heavy (non-hydrogen) atoms. The number of aromatic nitrogens is 1. The van der Waals surface area contributed by atoms with Crippen molar-refractivity contribution in [2.75, 3.05) is 18.1 Å². The molecule has 1 aromatic heterocycles. The van der Waals surface area contributed by atoms with Gasteiger partial charge in [-0.25, -0.2) is 0 Å². The second kappa shape index (κ2) is 5.63. The van der Waals surface area contributed by atoms with Crippen molar-refractivity contribution >= 4 is 27.5 Å². The second-order valence-electron chi connectivity index (χ2n) is 4.48. The van der Waals surface area contributed by atoms with Crippen molar-refractivity contribution in [3.05, 3.63) is 52.8 Å². The van der Waals surface area contributed by atoms with E-state index in [9.17, 15) is 4.79 Å². The van der Waals surface area contributed by atoms with Crippen LogP contribution in [-0.2, 0) is 11.2 Å². The SMILES string of the molecule is O=C(Cc1ccccn1)N1CCOc2c(Br)cccc21. The molecule has 0 aliphatic carbocycles. The quantitative estimate of drug-likeness (QED) is 0.849. The zero-order chi connectivity index (χ0) is 13.9. The Morgan fingerprint density at radius 2 is 2.20 bits per heavy atom. The predicted octanol–water partition coefficient (Wildman–Crippen LogP) is 2.81. The van der Waals surface area contributed by atoms with E-state index in [0.29, 0.717) is 19.6 Å². The molecule has 0 fully saturated rings. The molecular weight excluding hydrogens is 320 g/mol. The highest BCUT2D eigenvalue weighted by Crippen LogP contribution is 2.38. The third-order valence-corrected chi connectivity index (χ3v) is 3.78. The highest BCUT2D eigenvalue weighted by molar-refractivity contribution is 9.10. The van der Waals surface area contributed by atoms with Crippen molar-refractivity contribution < 1.29 is 9.53 Å². The molecule has 3 rings (SSSR count). The maximum absolute atomic E-state index is 12.5. The fourth-order valence-electron chi connectivity index (χ4n) is 2.22. The average molecular weight is 333 g/mol. The first-order valence-corrected chi connectivity index (χ1v) is 7.16. The van der Waals surface area contributed by atoms with Gasteiger partial charge in [0.1, 0.15) is 6.61 Å². The molecule has 1 aliphatic heterocycles. The van der Waals surface area contributed by atoms with Crippen molar-refractivity contribution in [1.82, 2.24) is 4.98 Å². The lowest BCUT2D eigenvalue weighted by atomic mass is 10.2. The number of fused-ring (bicyclic) bond motifs is 1. The molecule has 5 heteroatoms. The first-order chi connectivity index (χ1) is 9.75. The van der Waals surface area contributed by atoms with Crippen LogP contribution in [0.5, 0.6) is 5.75 Å². The zero-order valence-electron chi connectivity index (χ0n) is 10.8. The van der Waals surface area contributed by atoms with Crippen LogP contribution in [0.1, 0.15) is 5.69 Å². The lowest BCUT2D eigenvalue weighted by Crippen LogP contribution is -2.39. The third kappa shape index (κ3) is 2.54. The number of para-hydroxylation sites is 1. The number of amides is 1. The van der Waals surface area contributed by atoms with Gasteiger partial charge in [-0.05, 0) is 40.2 Å². The molecule has 0 unspecified atom stereocenters. The van der Waals surface area contributed by atoms with Crippen molar-refractivity contribution in [3.63, 3.8) is 0 Å². The highest BCUT2D eigenvalue weighted by atomic mass is 79.9. The van der Waals surface area contributed by atoms with Crippen LogP contribution in [0.2, 0.25) is 0 Å². The van der Waals surface area contributed by atoms with Gasteiger partial charge < -0.3 is 9.64 Å². The molecule has 0 radical (unpaired) electrons. The van der Waals surface area contributed by atoms with E-state index in [1.165, 1.54) is 0 Å². The molecule has 2 aromatic rings. The number of hydrogen-bond acceptors (Lipinski definition) is 3. The van der Waals surface area contributed by atoms with Gasteiger partial charge in [-0.1, -0.05) is 12.1 Å². The molecule has 0 saturated carbocycles. The Kier molecular flexibility index (Phi) is 3.69. The summed E-state index contributed by atoms with van der Waals surface area (Å²) in [5.74, 6) is 0.763. The smallest absolute Gasteiger partial charge is 0.233 e. The first kappa shape index (κ1) is 13.1. The summed E-state index contributed by atoms with van der Waals surface area (Å²) < 4.78 is 6.49. The van der Waals surface area contributed by atoms with E-state index < -0.39 is 0 Å². The molecule has 1 aliphatic rings. The second-order valence-corrected chi connectivity index (χ2v) is 5.33. The maximum atomic E-state index is 12.5. The molecule has 0 bridgehead atoms. The summed E-state index contributed by atoms with van der Waals surface area (Å²) in [5.41, 5.74) is 1.59. The summed E-state index contributed by atoms with van der Waals surface area (Å²) in [6, 6.07) is 11.3. The fraction of sp³-hybridized carbons (Fsp3) is 0.200. The molecule has 1 amide bonds. The molecule has 2 heterocycles. The van der Waals surface area contributed by atoms with E-state index >= 15 is 0 Å². The number of anilines is 1. The van der Waals surface area contributed by atoms with Crippen LogP contribution in [0.15, 0.2) is 47.1 Å². The van der Waals surface area contributed by atoms with Gasteiger partial charge in [0.2, 0.25) is 5.91 Å². The monoisotopic (exact) mass is 332 g/mol. The van der Waals surface area contributed by atoms with Gasteiger partial charge in [-0.2, -0.15) is 0 Å². The Morgan fingerprint density at radius 1 is 1.30 bits per heavy atom. The Labute approximate surface area is 125 Å². The molecule has 4 nitrogen and oxygen atoms in total. The van der Waals surface area contributed by atoms with Gasteiger partial charge in [0.25, 0.3) is 0 Å². The molecule has 1 aromatic carbocycles. The van der Waals surface area contributed by atoms with Crippen LogP contribution >= 0.6 is 15.9 Å². The largest absolute Gasteiger partial charge is 0.488 e. The maximum Gasteiger partial charge on any atom is 0.233 e. The minimum Gasteiger partial charge on any atom is -0.488 e. The lowest BCUT2D eigenvalue weighted by molar-refractivity contribution is -0.118. The lowest BCUT2D eigenvalue weighted by Gasteiger charge is -2.30. The number of carbonyl (C=O) groups excluding carboxylic acids is 1. The van der Waals surface area contributed by atoms with Gasteiger partial charge in [-0.15, -0.1) is 0 Å². The molecule has 0 spiro atoms. The van der Waals surface area contributed by atoms with Crippen molar-refractivity contribution in [2.45, 2.75) is 6.42 Å². The van der Waals surface area contributed by atoms with Gasteiger partial charge in [0.15, 0.2) is 5.75 Å². The van der Waals surface area contributed by atoms with E-state index in [2.05, 4.69) is 20.9 Å². The summed E-state index contributed by atoms with van der Waals surface area (Å²) in [7, 11) is 0. The summed E-state index contributed by atoms with van der Waals surface area (Å²) in [4.78, 5) is 18.4. The van der Waals surface area contributed by atoms with Crippen LogP contribution in [0.3, 0.4) is 0 Å². The van der Waals surface area contributed by atoms with Gasteiger partial charge in [-0.3, -0.25) is 9.78 Å². The number of ether oxygens (including phenoxy) is 1. The van der Waals surface area contributed by atoms with E-state index in [1.807, 2.05) is 36.4 Å². The van der Waals surface area contributed by atoms with Gasteiger partial charge in [0.05, 0.1) is 23.1 Å². The molecule has 102 valence electrons. The first-order valence-electron chi connectivity index (χ1n) is 6.37. The highest BCUT2D eigenvalue weighted by Gasteiger charge is 2.25. The Hall–Kier alpha value is -1.88. The number of benzene rings is 1. The van der Waals surface area contributed by atoms with Crippen molar-refractivity contribution in [3.8, 4) is 5.75 Å². The summed E-state index contributed by atoms with van der Waals surface area (Å²) in [6.45, 7) is 1.07. The van der Waals surface area contributed by atoms with E-state index in [0.717, 1.165) is 21.6 Å². The number of pyridine rings is 1. The van der Waals surface area contributed by atoms with Gasteiger partial charge in [0, 0.05) is 11.9 Å². The molecule has 0 saturated heterocycles. The fourth-order valence-corrected chi connectivity index (χ4v) is 2.69. The summed E-state index contributed by atoms with van der Waals surface area (Å²) >= 11 is 3.45. The van der Waals surface area contributed by atoms with Crippen LogP contribution < -0.4 is 9.64 Å². The number of halogens is 1. The minimum absolute atomic E-state index is 0.0337. The number of nitrogens with zero attached hydrogens (tertiary/aromatic N) is 2. The van der Waals surface area contributed by atoms with Crippen LogP contribution in [-0.4, -0.2) is 24.0 Å². The van der Waals surface area contributed by atoms with E-state index in [4.69, 9.17) is 4.74 Å². The van der Waals surface area contributed by atoms with Gasteiger partial charge >= 0.3 is 0 Å². The standard InChI is InChI=1S/C15H13BrN2O2/c16-12-5-3-6-13-15(12)20-9-8-18(13)14(19)10-11-4-1-2-7-17-11/h1-7H,8-10H2. The van der Waals surface area contributed by atoms with Crippen molar-refractivity contribution in [2.24, 2.45) is 0 Å². The average Bonchev–Trinajstić information content (AvgIpc) is 2.48. The summed E-state index contributed by atoms with van der Waals surface area (Å²) in [5, 5.41) is 0. The van der Waals surface area contributed by atoms with E-state index in [1.54, 1.807) is 11.1 Å². The van der Waals surface area contributed by atoms with Crippen LogP contribution in [0.25, 0.3) is 0 Å². The number of carbonyl (C=O) groups is 1. The Bertz CT molecular complexity index is 631. The van der Waals surface area contributed by atoms with E-state index in [-0.39, 0.29) is 5.91 Å². The predicted molar refractivity (Wildman–Crippen MR) is 79.9 cm³/mol. The third-order valence-electron chi connectivity index (χ3n) is 3.16. The molecule has 0 atom stereocenters. The number of rotatable bonds is 2. The van der Waals surface area contributed by atoms with Crippen molar-refractivity contribution in [1.29, 1.82) is 0 Å². The normalized spacial score (nSPS) is 13.6. The number of hydrogen-bond donors (Lipinski definition) is 0. The Balaban J connectivity index is 1.86. The zero-order valence-corrected chi connectivity index (χ0v) is 12.3. The molecule has 0 N–H and O–H groups in total. The van der Waals surface area contributed by atoms with Crippen LogP contribution in [0.4, 0.5) is 5.69 Å².